The Labute approximate surface area is 115 Å². The van der Waals surface area contributed by atoms with E-state index in [-0.39, 0.29) is 22.9 Å². The number of furan rings is 1. The molecule has 1 aliphatic rings. The van der Waals surface area contributed by atoms with Crippen LogP contribution < -0.4 is 10.6 Å². The predicted molar refractivity (Wildman–Crippen MR) is 73.5 cm³/mol. The average Bonchev–Trinajstić information content (AvgIpc) is 2.83. The smallest absolute Gasteiger partial charge is 0.294 e. The summed E-state index contributed by atoms with van der Waals surface area (Å²) in [5, 5.41) is 0.206. The predicted octanol–water partition coefficient (Wildman–Crippen LogP) is 2.46. The van der Waals surface area contributed by atoms with Gasteiger partial charge in [-0.3, -0.25) is 4.79 Å². The second-order valence-electron chi connectivity index (χ2n) is 4.61. The van der Waals surface area contributed by atoms with Gasteiger partial charge in [-0.25, -0.2) is 0 Å². The molecule has 1 aromatic carbocycles. The number of hydrogen-bond acceptors (Lipinski definition) is 3. The monoisotopic (exact) mass is 276 g/mol. The number of nitrogens with zero attached hydrogens (tertiary/aromatic N) is 1. The summed E-state index contributed by atoms with van der Waals surface area (Å²) in [4.78, 5) is 14.1. The molecule has 0 fully saturated rings. The molecule has 3 rings (SSSR count). The van der Waals surface area contributed by atoms with E-state index >= 15 is 0 Å². The molecule has 2 heterocycles. The minimum atomic E-state index is -0.213. The molecule has 0 bridgehead atoms. The Morgan fingerprint density at radius 2 is 2.11 bits per heavy atom. The number of fused-ring (bicyclic) bond motifs is 1. The number of benzene rings is 1. The van der Waals surface area contributed by atoms with Crippen LogP contribution in [0.3, 0.4) is 0 Å². The fourth-order valence-electron chi connectivity index (χ4n) is 2.38. The molecule has 1 unspecified atom stereocenters. The molecular weight excluding hydrogens is 264 g/mol. The topological polar surface area (TPSA) is 59.5 Å². The number of hydrogen-bond donors (Lipinski definition) is 1. The van der Waals surface area contributed by atoms with E-state index in [9.17, 15) is 4.79 Å². The Bertz CT molecular complexity index is 623. The zero-order valence-electron chi connectivity index (χ0n) is 10.2. The second-order valence-corrected chi connectivity index (χ2v) is 4.98. The summed E-state index contributed by atoms with van der Waals surface area (Å²) in [7, 11) is 0. The van der Waals surface area contributed by atoms with E-state index in [4.69, 9.17) is 21.8 Å². The molecule has 2 aromatic rings. The zero-order chi connectivity index (χ0) is 13.4. The van der Waals surface area contributed by atoms with Gasteiger partial charge < -0.3 is 15.1 Å². The Balaban J connectivity index is 1.99. The fourth-order valence-corrected chi connectivity index (χ4v) is 2.53. The molecule has 4 nitrogen and oxygen atoms in total. The quantitative estimate of drug-likeness (QED) is 0.870. The molecule has 1 aromatic heterocycles. The molecule has 98 valence electrons. The van der Waals surface area contributed by atoms with Gasteiger partial charge >= 0.3 is 0 Å². The Kier molecular flexibility index (Phi) is 3.05. The molecule has 1 amide bonds. The third-order valence-electron chi connectivity index (χ3n) is 3.21. The lowest BCUT2D eigenvalue weighted by Gasteiger charge is -2.32. The highest BCUT2D eigenvalue weighted by atomic mass is 35.5. The van der Waals surface area contributed by atoms with Crippen molar-refractivity contribution in [3.63, 3.8) is 0 Å². The van der Waals surface area contributed by atoms with Crippen molar-refractivity contribution in [1.29, 1.82) is 0 Å². The highest BCUT2D eigenvalue weighted by Crippen LogP contribution is 2.28. The molecule has 1 aliphatic heterocycles. The first-order chi connectivity index (χ1) is 9.15. The summed E-state index contributed by atoms with van der Waals surface area (Å²) < 4.78 is 5.18. The van der Waals surface area contributed by atoms with Gasteiger partial charge in [-0.2, -0.15) is 0 Å². The van der Waals surface area contributed by atoms with Gasteiger partial charge in [0.25, 0.3) is 5.91 Å². The second kappa shape index (κ2) is 4.72. The van der Waals surface area contributed by atoms with E-state index in [0.29, 0.717) is 6.54 Å². The maximum atomic E-state index is 12.4. The summed E-state index contributed by atoms with van der Waals surface area (Å²) in [6.45, 7) is 0.480. The number of para-hydroxylation sites is 1. The highest BCUT2D eigenvalue weighted by Gasteiger charge is 2.28. The van der Waals surface area contributed by atoms with E-state index in [1.807, 2.05) is 24.3 Å². The van der Waals surface area contributed by atoms with Crippen LogP contribution in [0.1, 0.15) is 16.1 Å². The largest absolute Gasteiger partial charge is 0.440 e. The first kappa shape index (κ1) is 12.3. The third kappa shape index (κ3) is 2.25. The Morgan fingerprint density at radius 3 is 2.84 bits per heavy atom. The average molecular weight is 277 g/mol. The van der Waals surface area contributed by atoms with E-state index in [1.165, 1.54) is 0 Å². The lowest BCUT2D eigenvalue weighted by atomic mass is 9.98. The van der Waals surface area contributed by atoms with Gasteiger partial charge in [0, 0.05) is 18.3 Å². The van der Waals surface area contributed by atoms with Crippen molar-refractivity contribution in [2.45, 2.75) is 12.5 Å². The number of carbonyl (C=O) groups excluding carboxylic acids is 1. The van der Waals surface area contributed by atoms with Crippen molar-refractivity contribution in [2.75, 3.05) is 11.4 Å². The van der Waals surface area contributed by atoms with Gasteiger partial charge in [0.05, 0.1) is 0 Å². The van der Waals surface area contributed by atoms with Crippen LogP contribution in [0.15, 0.2) is 40.8 Å². The first-order valence-corrected chi connectivity index (χ1v) is 6.43. The molecule has 2 N–H and O–H groups in total. The van der Waals surface area contributed by atoms with E-state index < -0.39 is 0 Å². The number of rotatable bonds is 1. The van der Waals surface area contributed by atoms with Crippen LogP contribution in [0.25, 0.3) is 0 Å². The van der Waals surface area contributed by atoms with E-state index in [2.05, 4.69) is 0 Å². The SMILES string of the molecule is NC1Cc2ccccc2N(C(=O)c2ccc(Cl)o2)C1. The molecule has 0 aliphatic carbocycles. The maximum absolute atomic E-state index is 12.4. The lowest BCUT2D eigenvalue weighted by Crippen LogP contribution is -2.46. The number of nitrogens with two attached hydrogens (primary N) is 1. The van der Waals surface area contributed by atoms with Crippen LogP contribution in [-0.4, -0.2) is 18.5 Å². The minimum absolute atomic E-state index is 0.0655. The van der Waals surface area contributed by atoms with E-state index in [1.54, 1.807) is 17.0 Å². The van der Waals surface area contributed by atoms with Crippen molar-refractivity contribution < 1.29 is 9.21 Å². The van der Waals surface area contributed by atoms with Gasteiger partial charge in [-0.1, -0.05) is 18.2 Å². The van der Waals surface area contributed by atoms with Crippen LogP contribution in [0, 0.1) is 0 Å². The van der Waals surface area contributed by atoms with Crippen molar-refractivity contribution in [1.82, 2.24) is 0 Å². The van der Waals surface area contributed by atoms with Crippen LogP contribution in [0.2, 0.25) is 5.22 Å². The molecular formula is C14H13ClN2O2. The zero-order valence-corrected chi connectivity index (χ0v) is 10.9. The minimum Gasteiger partial charge on any atom is -0.440 e. The van der Waals surface area contributed by atoms with Crippen LogP contribution in [0.5, 0.6) is 0 Å². The summed E-state index contributed by atoms with van der Waals surface area (Å²) >= 11 is 5.71. The molecule has 0 radical (unpaired) electrons. The summed E-state index contributed by atoms with van der Waals surface area (Å²) in [6.07, 6.45) is 0.777. The van der Waals surface area contributed by atoms with Crippen LogP contribution in [0.4, 0.5) is 5.69 Å². The maximum Gasteiger partial charge on any atom is 0.294 e. The molecule has 5 heteroatoms. The molecule has 19 heavy (non-hydrogen) atoms. The van der Waals surface area contributed by atoms with Crippen molar-refractivity contribution in [2.24, 2.45) is 5.73 Å². The van der Waals surface area contributed by atoms with Gasteiger partial charge in [-0.15, -0.1) is 0 Å². The van der Waals surface area contributed by atoms with Crippen molar-refractivity contribution in [3.05, 3.63) is 52.9 Å². The van der Waals surface area contributed by atoms with Crippen molar-refractivity contribution in [3.8, 4) is 0 Å². The standard InChI is InChI=1S/C14H13ClN2O2/c15-13-6-5-12(19-13)14(18)17-8-10(16)7-9-3-1-2-4-11(9)17/h1-6,10H,7-8,16H2. The fraction of sp³-hybridized carbons (Fsp3) is 0.214. The number of carbonyl (C=O) groups is 1. The highest BCUT2D eigenvalue weighted by molar-refractivity contribution is 6.29. The Hall–Kier alpha value is -1.78. The molecule has 1 atom stereocenters. The van der Waals surface area contributed by atoms with Gasteiger partial charge in [0.1, 0.15) is 0 Å². The summed E-state index contributed by atoms with van der Waals surface area (Å²) in [6, 6.07) is 10.8. The molecule has 0 spiro atoms. The molecule has 0 saturated heterocycles. The normalized spacial score (nSPS) is 18.2. The van der Waals surface area contributed by atoms with Gasteiger partial charge in [-0.05, 0) is 41.8 Å². The Morgan fingerprint density at radius 1 is 1.32 bits per heavy atom. The van der Waals surface area contributed by atoms with Crippen molar-refractivity contribution >= 4 is 23.2 Å². The lowest BCUT2D eigenvalue weighted by molar-refractivity contribution is 0.0957. The summed E-state index contributed by atoms with van der Waals surface area (Å²) in [5.74, 6) is 0.0170. The van der Waals surface area contributed by atoms with Gasteiger partial charge in [0.15, 0.2) is 11.0 Å². The summed E-state index contributed by atoms with van der Waals surface area (Å²) in [5.41, 5.74) is 7.98. The van der Waals surface area contributed by atoms with Crippen LogP contribution >= 0.6 is 11.6 Å². The van der Waals surface area contributed by atoms with Crippen LogP contribution in [-0.2, 0) is 6.42 Å². The van der Waals surface area contributed by atoms with Gasteiger partial charge in [0.2, 0.25) is 0 Å². The third-order valence-corrected chi connectivity index (χ3v) is 3.41. The number of anilines is 1. The number of halogens is 1. The number of amides is 1. The molecule has 0 saturated carbocycles. The first-order valence-electron chi connectivity index (χ1n) is 6.06. The van der Waals surface area contributed by atoms with E-state index in [0.717, 1.165) is 17.7 Å².